The Bertz CT molecular complexity index is 626. The second kappa shape index (κ2) is 7.33. The van der Waals surface area contributed by atoms with Gasteiger partial charge >= 0.3 is 6.03 Å². The molecule has 2 N–H and O–H groups in total. The molecule has 22 heavy (non-hydrogen) atoms. The number of benzene rings is 1. The van der Waals surface area contributed by atoms with Crippen LogP contribution in [0.2, 0.25) is 5.02 Å². The molecule has 118 valence electrons. The van der Waals surface area contributed by atoms with Gasteiger partial charge in [-0.15, -0.1) is 0 Å². The number of hydrogen-bond acceptors (Lipinski definition) is 3. The van der Waals surface area contributed by atoms with Gasteiger partial charge in [0.25, 0.3) is 0 Å². The summed E-state index contributed by atoms with van der Waals surface area (Å²) in [5.74, 6) is 0.809. The van der Waals surface area contributed by atoms with Crippen molar-refractivity contribution in [3.63, 3.8) is 0 Å². The van der Waals surface area contributed by atoms with Gasteiger partial charge in [0, 0.05) is 17.3 Å². The molecule has 0 aliphatic carbocycles. The first kappa shape index (κ1) is 16.4. The summed E-state index contributed by atoms with van der Waals surface area (Å²) in [7, 11) is 3.87. The van der Waals surface area contributed by atoms with Gasteiger partial charge in [0.2, 0.25) is 0 Å². The van der Waals surface area contributed by atoms with Crippen LogP contribution in [0.25, 0.3) is 0 Å². The van der Waals surface area contributed by atoms with Crippen molar-refractivity contribution in [2.45, 2.75) is 13.0 Å². The summed E-state index contributed by atoms with van der Waals surface area (Å²) in [6, 6.07) is 8.83. The molecule has 5 nitrogen and oxygen atoms in total. The number of nitrogens with one attached hydrogen (secondary N) is 2. The highest BCUT2D eigenvalue weighted by atomic mass is 35.5. The molecule has 2 amide bonds. The Morgan fingerprint density at radius 1 is 1.36 bits per heavy atom. The van der Waals surface area contributed by atoms with Crippen molar-refractivity contribution in [3.8, 4) is 0 Å². The van der Waals surface area contributed by atoms with Crippen molar-refractivity contribution in [1.29, 1.82) is 0 Å². The maximum atomic E-state index is 12.0. The van der Waals surface area contributed by atoms with Crippen LogP contribution in [-0.4, -0.2) is 31.6 Å². The minimum absolute atomic E-state index is 0.0256. The third-order valence-corrected chi connectivity index (χ3v) is 3.79. The largest absolute Gasteiger partial charge is 0.468 e. The van der Waals surface area contributed by atoms with Gasteiger partial charge in [-0.25, -0.2) is 4.79 Å². The Hall–Kier alpha value is -1.98. The van der Waals surface area contributed by atoms with Crippen molar-refractivity contribution in [2.75, 3.05) is 26.0 Å². The number of hydrogen-bond donors (Lipinski definition) is 2. The topological polar surface area (TPSA) is 57.5 Å². The van der Waals surface area contributed by atoms with Crippen molar-refractivity contribution in [2.24, 2.45) is 0 Å². The number of urea groups is 1. The number of rotatable bonds is 5. The lowest BCUT2D eigenvalue weighted by molar-refractivity contribution is 0.233. The van der Waals surface area contributed by atoms with E-state index < -0.39 is 0 Å². The second-order valence-electron chi connectivity index (χ2n) is 5.29. The van der Waals surface area contributed by atoms with Crippen molar-refractivity contribution < 1.29 is 9.21 Å². The van der Waals surface area contributed by atoms with E-state index in [2.05, 4.69) is 10.6 Å². The van der Waals surface area contributed by atoms with E-state index in [1.807, 2.05) is 50.2 Å². The van der Waals surface area contributed by atoms with Crippen molar-refractivity contribution in [3.05, 3.63) is 52.9 Å². The minimum Gasteiger partial charge on any atom is -0.468 e. The molecule has 0 fully saturated rings. The molecule has 0 aliphatic rings. The fraction of sp³-hybridized carbons (Fsp3) is 0.312. The summed E-state index contributed by atoms with van der Waals surface area (Å²) >= 11 is 6.04. The molecule has 2 aromatic rings. The molecule has 1 heterocycles. The smallest absolute Gasteiger partial charge is 0.319 e. The Morgan fingerprint density at radius 3 is 2.73 bits per heavy atom. The summed E-state index contributed by atoms with van der Waals surface area (Å²) < 4.78 is 5.41. The van der Waals surface area contributed by atoms with Crippen LogP contribution in [0.1, 0.15) is 17.4 Å². The van der Waals surface area contributed by atoms with E-state index in [0.29, 0.717) is 17.3 Å². The summed E-state index contributed by atoms with van der Waals surface area (Å²) in [5.41, 5.74) is 1.63. The zero-order valence-corrected chi connectivity index (χ0v) is 13.6. The van der Waals surface area contributed by atoms with E-state index in [1.165, 1.54) is 0 Å². The average molecular weight is 322 g/mol. The van der Waals surface area contributed by atoms with E-state index in [0.717, 1.165) is 11.3 Å². The average Bonchev–Trinajstić information content (AvgIpc) is 2.97. The van der Waals surface area contributed by atoms with E-state index in [-0.39, 0.29) is 12.1 Å². The fourth-order valence-electron chi connectivity index (χ4n) is 2.05. The lowest BCUT2D eigenvalue weighted by atomic mass is 10.2. The number of carbonyl (C=O) groups is 1. The predicted octanol–water partition coefficient (Wildman–Crippen LogP) is 3.67. The Morgan fingerprint density at radius 2 is 2.14 bits per heavy atom. The molecular weight excluding hydrogens is 302 g/mol. The predicted molar refractivity (Wildman–Crippen MR) is 88.3 cm³/mol. The van der Waals surface area contributed by atoms with Crippen LogP contribution in [0.4, 0.5) is 10.5 Å². The van der Waals surface area contributed by atoms with Crippen LogP contribution in [0.15, 0.2) is 41.0 Å². The number of halogens is 1. The van der Waals surface area contributed by atoms with E-state index in [1.54, 1.807) is 12.3 Å². The fourth-order valence-corrected chi connectivity index (χ4v) is 2.23. The maximum absolute atomic E-state index is 12.0. The van der Waals surface area contributed by atoms with Crippen molar-refractivity contribution in [1.82, 2.24) is 10.2 Å². The SMILES string of the molecule is Cc1ccc(NC(=O)NCC(c2ccco2)N(C)C)cc1Cl. The van der Waals surface area contributed by atoms with E-state index in [4.69, 9.17) is 16.0 Å². The Labute approximate surface area is 135 Å². The summed E-state index contributed by atoms with van der Waals surface area (Å²) in [6.45, 7) is 2.35. The number of nitrogens with zero attached hydrogens (tertiary/aromatic N) is 1. The molecule has 0 radical (unpaired) electrons. The van der Waals surface area contributed by atoms with E-state index in [9.17, 15) is 4.79 Å². The number of anilines is 1. The molecule has 6 heteroatoms. The van der Waals surface area contributed by atoms with Gasteiger partial charge in [-0.05, 0) is 50.8 Å². The third-order valence-electron chi connectivity index (χ3n) is 3.38. The molecule has 0 saturated heterocycles. The van der Waals surface area contributed by atoms with Gasteiger partial charge in [0.15, 0.2) is 0 Å². The first-order valence-electron chi connectivity index (χ1n) is 6.98. The summed E-state index contributed by atoms with van der Waals surface area (Å²) in [4.78, 5) is 14.0. The molecule has 1 unspecified atom stereocenters. The molecule has 0 aliphatic heterocycles. The molecule has 1 aromatic heterocycles. The van der Waals surface area contributed by atoms with Crippen LogP contribution in [0, 0.1) is 6.92 Å². The molecule has 2 rings (SSSR count). The Kier molecular flexibility index (Phi) is 5.46. The highest BCUT2D eigenvalue weighted by Crippen LogP contribution is 2.20. The van der Waals surface area contributed by atoms with Crippen LogP contribution in [-0.2, 0) is 0 Å². The van der Waals surface area contributed by atoms with Gasteiger partial charge in [-0.3, -0.25) is 4.90 Å². The van der Waals surface area contributed by atoms with Crippen LogP contribution < -0.4 is 10.6 Å². The molecule has 0 bridgehead atoms. The highest BCUT2D eigenvalue weighted by Gasteiger charge is 2.17. The number of aryl methyl sites for hydroxylation is 1. The van der Waals surface area contributed by atoms with E-state index >= 15 is 0 Å². The second-order valence-corrected chi connectivity index (χ2v) is 5.70. The van der Waals surface area contributed by atoms with Crippen molar-refractivity contribution >= 4 is 23.3 Å². The number of amides is 2. The Balaban J connectivity index is 1.92. The number of furan rings is 1. The van der Waals surface area contributed by atoms with Crippen LogP contribution in [0.5, 0.6) is 0 Å². The lowest BCUT2D eigenvalue weighted by Gasteiger charge is -2.22. The van der Waals surface area contributed by atoms with Crippen LogP contribution >= 0.6 is 11.6 Å². The quantitative estimate of drug-likeness (QED) is 0.883. The minimum atomic E-state index is -0.279. The molecule has 0 saturated carbocycles. The molecule has 0 spiro atoms. The third kappa shape index (κ3) is 4.26. The summed E-state index contributed by atoms with van der Waals surface area (Å²) in [6.07, 6.45) is 1.63. The zero-order chi connectivity index (χ0) is 16.1. The molecule has 1 aromatic carbocycles. The lowest BCUT2D eigenvalue weighted by Crippen LogP contribution is -2.36. The first-order chi connectivity index (χ1) is 10.5. The number of likely N-dealkylation sites (N-methyl/N-ethyl adjacent to an activating group) is 1. The van der Waals surface area contributed by atoms with Gasteiger partial charge < -0.3 is 15.1 Å². The monoisotopic (exact) mass is 321 g/mol. The van der Waals surface area contributed by atoms with Crippen LogP contribution in [0.3, 0.4) is 0 Å². The highest BCUT2D eigenvalue weighted by molar-refractivity contribution is 6.31. The standard InChI is InChI=1S/C16H20ClN3O2/c1-11-6-7-12(9-13(11)17)19-16(21)18-10-14(20(2)3)15-5-4-8-22-15/h4-9,14H,10H2,1-3H3,(H2,18,19,21). The van der Waals surface area contributed by atoms with Gasteiger partial charge in [0.1, 0.15) is 5.76 Å². The van der Waals surface area contributed by atoms with Gasteiger partial charge in [-0.2, -0.15) is 0 Å². The number of carbonyl (C=O) groups excluding carboxylic acids is 1. The van der Waals surface area contributed by atoms with Gasteiger partial charge in [0.05, 0.1) is 12.3 Å². The normalized spacial score (nSPS) is 12.2. The molecule has 1 atom stereocenters. The maximum Gasteiger partial charge on any atom is 0.319 e. The first-order valence-corrected chi connectivity index (χ1v) is 7.36. The zero-order valence-electron chi connectivity index (χ0n) is 12.9. The molecular formula is C16H20ClN3O2. The summed E-state index contributed by atoms with van der Waals surface area (Å²) in [5, 5.41) is 6.23. The van der Waals surface area contributed by atoms with Gasteiger partial charge in [-0.1, -0.05) is 17.7 Å².